The topological polar surface area (TPSA) is 96.3 Å². The van der Waals surface area contributed by atoms with Gasteiger partial charge in [-0.2, -0.15) is 5.10 Å². The molecule has 2 heterocycles. The Kier molecular flexibility index (Phi) is 9.99. The molecule has 0 radical (unpaired) electrons. The Morgan fingerprint density at radius 1 is 0.891 bits per heavy atom. The number of carbonyl (C=O) groups excluding carboxylic acids is 3. The summed E-state index contributed by atoms with van der Waals surface area (Å²) in [7, 11) is 0. The lowest BCUT2D eigenvalue weighted by Gasteiger charge is -2.32. The number of ketones is 1. The van der Waals surface area contributed by atoms with Gasteiger partial charge in [0.15, 0.2) is 5.78 Å². The summed E-state index contributed by atoms with van der Waals surface area (Å²) in [5.41, 5.74) is 4.87. The quantitative estimate of drug-likeness (QED) is 0.187. The third-order valence-corrected chi connectivity index (χ3v) is 8.47. The number of urea groups is 1. The van der Waals surface area contributed by atoms with Gasteiger partial charge in [-0.15, -0.1) is 0 Å². The van der Waals surface area contributed by atoms with Crippen molar-refractivity contribution in [3.05, 3.63) is 107 Å². The van der Waals surface area contributed by atoms with E-state index in [0.29, 0.717) is 30.4 Å². The largest absolute Gasteiger partial charge is 0.343 e. The van der Waals surface area contributed by atoms with Gasteiger partial charge in [-0.05, 0) is 80.1 Å². The molecule has 1 saturated heterocycles. The summed E-state index contributed by atoms with van der Waals surface area (Å²) in [4.78, 5) is 40.4. The van der Waals surface area contributed by atoms with E-state index in [1.165, 1.54) is 24.3 Å². The smallest absolute Gasteiger partial charge is 0.324 e. The van der Waals surface area contributed by atoms with Crippen molar-refractivity contribution in [2.24, 2.45) is 5.92 Å². The van der Waals surface area contributed by atoms with E-state index in [1.807, 2.05) is 66.4 Å². The number of halogens is 1. The zero-order valence-corrected chi connectivity index (χ0v) is 27.0. The van der Waals surface area contributed by atoms with E-state index in [0.717, 1.165) is 47.5 Å². The highest BCUT2D eigenvalue weighted by atomic mass is 19.1. The number of piperidine rings is 1. The van der Waals surface area contributed by atoms with E-state index < -0.39 is 5.82 Å². The van der Waals surface area contributed by atoms with Crippen molar-refractivity contribution in [2.75, 3.05) is 23.7 Å². The highest BCUT2D eigenvalue weighted by Gasteiger charge is 2.25. The third kappa shape index (κ3) is 8.27. The predicted octanol–water partition coefficient (Wildman–Crippen LogP) is 7.71. The number of para-hydroxylation sites is 1. The maximum absolute atomic E-state index is 13.3. The van der Waals surface area contributed by atoms with Gasteiger partial charge < -0.3 is 10.2 Å². The lowest BCUT2D eigenvalue weighted by Crippen LogP contribution is -2.39. The van der Waals surface area contributed by atoms with E-state index in [1.54, 1.807) is 4.68 Å². The lowest BCUT2D eigenvalue weighted by molar-refractivity contribution is -0.132. The Morgan fingerprint density at radius 2 is 1.57 bits per heavy atom. The molecule has 0 aliphatic carbocycles. The van der Waals surface area contributed by atoms with Crippen LogP contribution in [0.5, 0.6) is 0 Å². The summed E-state index contributed by atoms with van der Waals surface area (Å²) >= 11 is 0. The van der Waals surface area contributed by atoms with E-state index in [4.69, 9.17) is 5.10 Å². The number of nitrogens with one attached hydrogen (secondary N) is 2. The fourth-order valence-electron chi connectivity index (χ4n) is 5.67. The number of aromatic nitrogens is 2. The molecule has 9 heteroatoms. The zero-order valence-electron chi connectivity index (χ0n) is 27.0. The summed E-state index contributed by atoms with van der Waals surface area (Å²) < 4.78 is 14.9. The second-order valence-electron chi connectivity index (χ2n) is 13.1. The normalized spacial score (nSPS) is 13.8. The average molecular weight is 624 g/mol. The Hall–Kier alpha value is -4.79. The first-order valence-electron chi connectivity index (χ1n) is 15.9. The van der Waals surface area contributed by atoms with Gasteiger partial charge in [-0.3, -0.25) is 14.9 Å². The van der Waals surface area contributed by atoms with Gasteiger partial charge in [0.25, 0.3) is 0 Å². The minimum absolute atomic E-state index is 0.0351. The summed E-state index contributed by atoms with van der Waals surface area (Å²) in [5, 5.41) is 10.9. The number of carbonyl (C=O) groups is 3. The molecule has 0 spiro atoms. The molecule has 0 bridgehead atoms. The summed E-state index contributed by atoms with van der Waals surface area (Å²) in [5.74, 6) is 0.347. The number of nitrogens with zero attached hydrogens (tertiary/aromatic N) is 3. The molecular weight excluding hydrogens is 581 g/mol. The van der Waals surface area contributed by atoms with Crippen molar-refractivity contribution in [3.63, 3.8) is 0 Å². The summed E-state index contributed by atoms with van der Waals surface area (Å²) in [6.07, 6.45) is 2.70. The average Bonchev–Trinajstić information content (AvgIpc) is 3.46. The Labute approximate surface area is 270 Å². The van der Waals surface area contributed by atoms with Gasteiger partial charge in [0.1, 0.15) is 11.6 Å². The van der Waals surface area contributed by atoms with Crippen LogP contribution in [0.4, 0.5) is 20.7 Å². The molecular formula is C37H42FN5O3. The monoisotopic (exact) mass is 623 g/mol. The van der Waals surface area contributed by atoms with Gasteiger partial charge in [0.05, 0.1) is 11.4 Å². The van der Waals surface area contributed by atoms with Crippen LogP contribution in [0.15, 0.2) is 78.9 Å². The first-order valence-corrected chi connectivity index (χ1v) is 15.9. The van der Waals surface area contributed by atoms with E-state index in [2.05, 4.69) is 31.4 Å². The number of hydrogen-bond donors (Lipinski definition) is 2. The number of Topliss-reactive ketones (excluding diaryl/α,β-unsaturated/α-hetero) is 1. The van der Waals surface area contributed by atoms with Crippen LogP contribution in [0, 0.1) is 18.7 Å². The van der Waals surface area contributed by atoms with Crippen LogP contribution in [0.1, 0.15) is 73.6 Å². The number of benzene rings is 3. The van der Waals surface area contributed by atoms with E-state index in [9.17, 15) is 18.8 Å². The van der Waals surface area contributed by atoms with Gasteiger partial charge in [0.2, 0.25) is 5.91 Å². The number of hydrogen-bond acceptors (Lipinski definition) is 4. The van der Waals surface area contributed by atoms with Crippen LogP contribution < -0.4 is 10.6 Å². The van der Waals surface area contributed by atoms with Gasteiger partial charge >= 0.3 is 6.03 Å². The molecule has 5 rings (SSSR count). The standard InChI is InChI=1S/C37H42FN5O3/c1-25-9-15-30(16-10-25)43-34(24-33(41-43)37(2,3)4)40-36(46)39-31-8-6-5-7-28(31)23-26-19-21-42(22-20-26)35(45)18-17-32(44)27-11-13-29(38)14-12-27/h5-16,24,26H,17-23H2,1-4H3,(H2,39,40,46). The lowest BCUT2D eigenvalue weighted by atomic mass is 9.89. The van der Waals surface area contributed by atoms with E-state index >= 15 is 0 Å². The van der Waals surface area contributed by atoms with Crippen molar-refractivity contribution >= 4 is 29.2 Å². The number of anilines is 2. The van der Waals surface area contributed by atoms with Crippen LogP contribution in [-0.2, 0) is 16.6 Å². The summed E-state index contributed by atoms with van der Waals surface area (Å²) in [6.45, 7) is 9.56. The highest BCUT2D eigenvalue weighted by Crippen LogP contribution is 2.28. The molecule has 0 unspecified atom stereocenters. The first-order chi connectivity index (χ1) is 22.0. The molecule has 3 amide bonds. The highest BCUT2D eigenvalue weighted by molar-refractivity contribution is 6.00. The van der Waals surface area contributed by atoms with Gasteiger partial charge in [-0.25, -0.2) is 13.9 Å². The van der Waals surface area contributed by atoms with Crippen molar-refractivity contribution in [2.45, 2.75) is 65.2 Å². The van der Waals surface area contributed by atoms with Crippen molar-refractivity contribution in [3.8, 4) is 5.69 Å². The van der Waals surface area contributed by atoms with E-state index in [-0.39, 0.29) is 36.0 Å². The molecule has 1 aliphatic rings. The maximum Gasteiger partial charge on any atom is 0.324 e. The minimum Gasteiger partial charge on any atom is -0.343 e. The van der Waals surface area contributed by atoms with Gasteiger partial charge in [-0.1, -0.05) is 56.7 Å². The van der Waals surface area contributed by atoms with Crippen LogP contribution >= 0.6 is 0 Å². The molecule has 4 aromatic rings. The molecule has 1 aliphatic heterocycles. The number of rotatable bonds is 9. The van der Waals surface area contributed by atoms with Crippen LogP contribution in [0.25, 0.3) is 5.69 Å². The first kappa shape index (κ1) is 32.6. The van der Waals surface area contributed by atoms with Crippen LogP contribution in [0.3, 0.4) is 0 Å². The molecule has 8 nitrogen and oxygen atoms in total. The summed E-state index contributed by atoms with van der Waals surface area (Å²) in [6, 6.07) is 22.8. The molecule has 0 atom stereocenters. The number of aryl methyl sites for hydroxylation is 1. The third-order valence-electron chi connectivity index (χ3n) is 8.47. The predicted molar refractivity (Wildman–Crippen MR) is 179 cm³/mol. The number of amides is 3. The Bertz CT molecular complexity index is 1680. The second-order valence-corrected chi connectivity index (χ2v) is 13.1. The van der Waals surface area contributed by atoms with Gasteiger partial charge in [0, 0.05) is 48.7 Å². The SMILES string of the molecule is Cc1ccc(-n2nc(C(C)(C)C)cc2NC(=O)Nc2ccccc2CC2CCN(C(=O)CCC(=O)c3ccc(F)cc3)CC2)cc1. The molecule has 0 saturated carbocycles. The fraction of sp³-hybridized carbons (Fsp3) is 0.351. The van der Waals surface area contributed by atoms with Crippen LogP contribution in [-0.4, -0.2) is 45.5 Å². The molecule has 1 aromatic heterocycles. The van der Waals surface area contributed by atoms with Crippen molar-refractivity contribution in [1.29, 1.82) is 0 Å². The second kappa shape index (κ2) is 14.1. The molecule has 1 fully saturated rings. The van der Waals surface area contributed by atoms with Crippen molar-refractivity contribution < 1.29 is 18.8 Å². The zero-order chi connectivity index (χ0) is 32.8. The maximum atomic E-state index is 13.3. The van der Waals surface area contributed by atoms with Crippen LogP contribution in [0.2, 0.25) is 0 Å². The fourth-order valence-corrected chi connectivity index (χ4v) is 5.67. The Balaban J connectivity index is 1.17. The van der Waals surface area contributed by atoms with Crippen molar-refractivity contribution in [1.82, 2.24) is 14.7 Å². The minimum atomic E-state index is -0.395. The molecule has 3 aromatic carbocycles. The number of likely N-dealkylation sites (tertiary alicyclic amines) is 1. The molecule has 240 valence electrons. The molecule has 2 N–H and O–H groups in total. The Morgan fingerprint density at radius 3 is 2.24 bits per heavy atom. The molecule has 46 heavy (non-hydrogen) atoms.